The van der Waals surface area contributed by atoms with Crippen molar-refractivity contribution in [2.45, 2.75) is 19.8 Å². The topological polar surface area (TPSA) is 93.7 Å². The second-order valence-electron chi connectivity index (χ2n) is 8.06. The largest absolute Gasteiger partial charge is 0.497 e. The number of benzene rings is 2. The highest BCUT2D eigenvalue weighted by Gasteiger charge is 2.27. The van der Waals surface area contributed by atoms with Crippen LogP contribution >= 0.6 is 0 Å². The molecule has 0 spiro atoms. The minimum Gasteiger partial charge on any atom is -0.497 e. The first-order chi connectivity index (χ1) is 16.6. The highest BCUT2D eigenvalue weighted by atomic mass is 16.5. The average Bonchev–Trinajstić information content (AvgIpc) is 2.89. The number of aromatic nitrogens is 2. The van der Waals surface area contributed by atoms with E-state index in [0.29, 0.717) is 24.4 Å². The predicted molar refractivity (Wildman–Crippen MR) is 130 cm³/mol. The lowest BCUT2D eigenvalue weighted by Crippen LogP contribution is -2.41. The molecule has 8 heteroatoms. The van der Waals surface area contributed by atoms with Crippen LogP contribution in [0.1, 0.15) is 30.1 Å². The van der Waals surface area contributed by atoms with Crippen LogP contribution in [0.4, 0.5) is 11.5 Å². The summed E-state index contributed by atoms with van der Waals surface area (Å²) < 4.78 is 10.2. The first-order valence-electron chi connectivity index (χ1n) is 11.4. The normalized spacial score (nSPS) is 15.5. The molecule has 1 aliphatic rings. The number of piperidine rings is 1. The SMILES string of the molecule is CCOC(=O)c1ccc(NC(=O)C2CCCN(c3cc(-c4ccc(OC)cc4)ncn3)C2)cc1. The van der Waals surface area contributed by atoms with Gasteiger partial charge in [0.05, 0.1) is 30.9 Å². The average molecular weight is 461 g/mol. The summed E-state index contributed by atoms with van der Waals surface area (Å²) in [6, 6.07) is 16.4. The van der Waals surface area contributed by atoms with Gasteiger partial charge >= 0.3 is 5.97 Å². The maximum Gasteiger partial charge on any atom is 0.338 e. The molecular weight excluding hydrogens is 432 g/mol. The molecule has 8 nitrogen and oxygen atoms in total. The number of anilines is 2. The number of carbonyl (C=O) groups excluding carboxylic acids is 2. The summed E-state index contributed by atoms with van der Waals surface area (Å²) in [6.07, 6.45) is 3.26. The minimum absolute atomic E-state index is 0.0435. The van der Waals surface area contributed by atoms with Crippen molar-refractivity contribution in [3.05, 3.63) is 66.5 Å². The van der Waals surface area contributed by atoms with Gasteiger partial charge in [0, 0.05) is 30.4 Å². The first-order valence-corrected chi connectivity index (χ1v) is 11.4. The van der Waals surface area contributed by atoms with Gasteiger partial charge in [0.15, 0.2) is 0 Å². The zero-order valence-corrected chi connectivity index (χ0v) is 19.4. The van der Waals surface area contributed by atoms with Crippen molar-refractivity contribution in [3.63, 3.8) is 0 Å². The Morgan fingerprint density at radius 2 is 1.85 bits per heavy atom. The van der Waals surface area contributed by atoms with Crippen molar-refractivity contribution < 1.29 is 19.1 Å². The van der Waals surface area contributed by atoms with Gasteiger partial charge < -0.3 is 19.7 Å². The number of hydrogen-bond donors (Lipinski definition) is 1. The van der Waals surface area contributed by atoms with E-state index in [9.17, 15) is 9.59 Å². The molecule has 34 heavy (non-hydrogen) atoms. The quantitative estimate of drug-likeness (QED) is 0.529. The first kappa shape index (κ1) is 23.2. The highest BCUT2D eigenvalue weighted by Crippen LogP contribution is 2.27. The molecule has 1 atom stereocenters. The van der Waals surface area contributed by atoms with Crippen LogP contribution in [0.3, 0.4) is 0 Å². The minimum atomic E-state index is -0.373. The third-order valence-corrected chi connectivity index (χ3v) is 5.82. The smallest absolute Gasteiger partial charge is 0.338 e. The van der Waals surface area contributed by atoms with E-state index in [-0.39, 0.29) is 17.8 Å². The Bertz CT molecular complexity index is 1130. The molecule has 0 saturated carbocycles. The maximum atomic E-state index is 12.9. The fourth-order valence-electron chi connectivity index (χ4n) is 3.99. The van der Waals surface area contributed by atoms with Crippen LogP contribution < -0.4 is 15.0 Å². The lowest BCUT2D eigenvalue weighted by Gasteiger charge is -2.33. The molecule has 1 unspecified atom stereocenters. The monoisotopic (exact) mass is 460 g/mol. The predicted octanol–water partition coefficient (Wildman–Crippen LogP) is 4.18. The van der Waals surface area contributed by atoms with E-state index >= 15 is 0 Å². The van der Waals surface area contributed by atoms with E-state index < -0.39 is 0 Å². The van der Waals surface area contributed by atoms with Gasteiger partial charge in [-0.3, -0.25) is 4.79 Å². The van der Waals surface area contributed by atoms with Gasteiger partial charge in [-0.1, -0.05) is 0 Å². The molecule has 1 N–H and O–H groups in total. The fourth-order valence-corrected chi connectivity index (χ4v) is 3.99. The Morgan fingerprint density at radius 3 is 2.56 bits per heavy atom. The third kappa shape index (κ3) is 5.51. The van der Waals surface area contributed by atoms with E-state index in [2.05, 4.69) is 20.2 Å². The van der Waals surface area contributed by atoms with Gasteiger partial charge in [-0.2, -0.15) is 0 Å². The number of nitrogens with zero attached hydrogens (tertiary/aromatic N) is 3. The molecule has 1 aromatic heterocycles. The molecule has 3 aromatic rings. The van der Waals surface area contributed by atoms with Gasteiger partial charge in [-0.05, 0) is 68.3 Å². The van der Waals surface area contributed by atoms with Gasteiger partial charge in [-0.25, -0.2) is 14.8 Å². The summed E-state index contributed by atoms with van der Waals surface area (Å²) >= 11 is 0. The summed E-state index contributed by atoms with van der Waals surface area (Å²) in [5.74, 6) is 1.01. The molecule has 2 heterocycles. The van der Waals surface area contributed by atoms with Gasteiger partial charge in [0.25, 0.3) is 0 Å². The molecule has 0 aliphatic carbocycles. The van der Waals surface area contributed by atoms with Crippen molar-refractivity contribution in [3.8, 4) is 17.0 Å². The summed E-state index contributed by atoms with van der Waals surface area (Å²) in [7, 11) is 1.64. The van der Waals surface area contributed by atoms with Crippen LogP contribution in [0.15, 0.2) is 60.9 Å². The summed E-state index contributed by atoms with van der Waals surface area (Å²) in [6.45, 7) is 3.49. The number of amides is 1. The number of carbonyl (C=O) groups is 2. The van der Waals surface area contributed by atoms with Crippen LogP contribution in [-0.2, 0) is 9.53 Å². The molecule has 2 aromatic carbocycles. The van der Waals surface area contributed by atoms with Crippen molar-refractivity contribution in [1.29, 1.82) is 0 Å². The molecular formula is C26H28N4O4. The second kappa shape index (κ2) is 10.8. The van der Waals surface area contributed by atoms with Crippen LogP contribution in [0.25, 0.3) is 11.3 Å². The Hall–Kier alpha value is -3.94. The van der Waals surface area contributed by atoms with E-state index in [4.69, 9.17) is 9.47 Å². The number of methoxy groups -OCH3 is 1. The van der Waals surface area contributed by atoms with Crippen LogP contribution in [0.5, 0.6) is 5.75 Å². The molecule has 0 radical (unpaired) electrons. The molecule has 1 fully saturated rings. The van der Waals surface area contributed by atoms with E-state index in [1.54, 1.807) is 44.6 Å². The van der Waals surface area contributed by atoms with Gasteiger partial charge in [0.1, 0.15) is 17.9 Å². The molecule has 176 valence electrons. The number of nitrogens with one attached hydrogen (secondary N) is 1. The standard InChI is InChI=1S/C26H28N4O4/c1-3-34-26(32)19-6-10-21(11-7-19)29-25(31)20-5-4-14-30(16-20)24-15-23(27-17-28-24)18-8-12-22(33-2)13-9-18/h6-13,15,17,20H,3-5,14,16H2,1-2H3,(H,29,31). The van der Waals surface area contributed by atoms with Crippen LogP contribution in [-0.4, -0.2) is 48.7 Å². The lowest BCUT2D eigenvalue weighted by molar-refractivity contribution is -0.120. The Labute approximate surface area is 198 Å². The lowest BCUT2D eigenvalue weighted by atomic mass is 9.97. The van der Waals surface area contributed by atoms with Crippen molar-refractivity contribution in [1.82, 2.24) is 9.97 Å². The summed E-state index contributed by atoms with van der Waals surface area (Å²) in [4.78, 5) is 35.7. The Morgan fingerprint density at radius 1 is 1.09 bits per heavy atom. The number of hydrogen-bond acceptors (Lipinski definition) is 7. The maximum absolute atomic E-state index is 12.9. The molecule has 0 bridgehead atoms. The molecule has 4 rings (SSSR count). The molecule has 1 aliphatic heterocycles. The van der Waals surface area contributed by atoms with Gasteiger partial charge in [-0.15, -0.1) is 0 Å². The second-order valence-corrected chi connectivity index (χ2v) is 8.06. The Kier molecular flexibility index (Phi) is 7.37. The van der Waals surface area contributed by atoms with Crippen LogP contribution in [0.2, 0.25) is 0 Å². The summed E-state index contributed by atoms with van der Waals surface area (Å²) in [5, 5.41) is 2.97. The molecule has 1 saturated heterocycles. The Balaban J connectivity index is 1.41. The zero-order valence-electron chi connectivity index (χ0n) is 19.4. The zero-order chi connectivity index (χ0) is 23.9. The number of rotatable bonds is 7. The van der Waals surface area contributed by atoms with E-state index in [1.807, 2.05) is 30.3 Å². The van der Waals surface area contributed by atoms with Gasteiger partial charge in [0.2, 0.25) is 5.91 Å². The summed E-state index contributed by atoms with van der Waals surface area (Å²) in [5.41, 5.74) is 2.90. The van der Waals surface area contributed by atoms with Crippen LogP contribution in [0, 0.1) is 5.92 Å². The van der Waals surface area contributed by atoms with E-state index in [1.165, 1.54) is 0 Å². The fraction of sp³-hybridized carbons (Fsp3) is 0.308. The molecule has 1 amide bonds. The van der Waals surface area contributed by atoms with E-state index in [0.717, 1.165) is 42.2 Å². The highest BCUT2D eigenvalue weighted by molar-refractivity contribution is 5.94. The number of ether oxygens (including phenoxy) is 2. The van der Waals surface area contributed by atoms with Crippen molar-refractivity contribution in [2.75, 3.05) is 37.0 Å². The van der Waals surface area contributed by atoms with Crippen molar-refractivity contribution >= 4 is 23.4 Å². The van der Waals surface area contributed by atoms with Crippen molar-refractivity contribution in [2.24, 2.45) is 5.92 Å². The number of esters is 1. The third-order valence-electron chi connectivity index (χ3n) is 5.82.